The fourth-order valence-electron chi connectivity index (χ4n) is 1.80. The monoisotopic (exact) mass is 259 g/mol. The van der Waals surface area contributed by atoms with Crippen LogP contribution in [0, 0.1) is 13.8 Å². The summed E-state index contributed by atoms with van der Waals surface area (Å²) in [6, 6.07) is 5.70. The van der Waals surface area contributed by atoms with E-state index in [1.54, 1.807) is 13.2 Å². The highest BCUT2D eigenvalue weighted by atomic mass is 16.4. The average molecular weight is 259 g/mol. The lowest BCUT2D eigenvalue weighted by molar-refractivity contribution is 0.0948. The summed E-state index contributed by atoms with van der Waals surface area (Å²) in [6.07, 6.45) is 1.63. The highest BCUT2D eigenvalue weighted by Gasteiger charge is 2.11. The summed E-state index contributed by atoms with van der Waals surface area (Å²) in [5.41, 5.74) is 2.45. The van der Waals surface area contributed by atoms with Crippen LogP contribution >= 0.6 is 0 Å². The van der Waals surface area contributed by atoms with Gasteiger partial charge in [-0.1, -0.05) is 11.6 Å². The van der Waals surface area contributed by atoms with Gasteiger partial charge in [0.25, 0.3) is 5.91 Å². The van der Waals surface area contributed by atoms with Crippen LogP contribution in [0.5, 0.6) is 0 Å². The van der Waals surface area contributed by atoms with Crippen LogP contribution < -0.4 is 10.6 Å². The van der Waals surface area contributed by atoms with E-state index in [4.69, 9.17) is 4.42 Å². The molecule has 0 aliphatic heterocycles. The van der Waals surface area contributed by atoms with Crippen LogP contribution in [0.25, 0.3) is 0 Å². The van der Waals surface area contributed by atoms with Gasteiger partial charge in [0, 0.05) is 12.7 Å². The molecule has 2 aromatic rings. The zero-order valence-corrected chi connectivity index (χ0v) is 11.3. The van der Waals surface area contributed by atoms with E-state index in [1.807, 2.05) is 32.0 Å². The summed E-state index contributed by atoms with van der Waals surface area (Å²) < 4.78 is 5.31. The Hall–Kier alpha value is -2.30. The van der Waals surface area contributed by atoms with Gasteiger partial charge in [0.05, 0.1) is 18.3 Å². The largest absolute Gasteiger partial charge is 0.444 e. The van der Waals surface area contributed by atoms with Crippen molar-refractivity contribution in [2.45, 2.75) is 20.4 Å². The van der Waals surface area contributed by atoms with Gasteiger partial charge in [-0.15, -0.1) is 0 Å². The quantitative estimate of drug-likeness (QED) is 0.883. The number of carbonyl (C=O) groups excluding carboxylic acids is 1. The van der Waals surface area contributed by atoms with Gasteiger partial charge in [-0.3, -0.25) is 4.79 Å². The van der Waals surface area contributed by atoms with Gasteiger partial charge in [-0.2, -0.15) is 0 Å². The summed E-state index contributed by atoms with van der Waals surface area (Å²) in [5.74, 6) is 1.09. The number of hydrogen-bond acceptors (Lipinski definition) is 4. The van der Waals surface area contributed by atoms with E-state index in [9.17, 15) is 4.79 Å². The van der Waals surface area contributed by atoms with Crippen molar-refractivity contribution in [1.82, 2.24) is 10.3 Å². The number of nitrogens with one attached hydrogen (secondary N) is 2. The number of nitrogens with zero attached hydrogens (tertiary/aromatic N) is 1. The van der Waals surface area contributed by atoms with Gasteiger partial charge in [0.2, 0.25) is 5.89 Å². The zero-order chi connectivity index (χ0) is 13.8. The third-order valence-electron chi connectivity index (χ3n) is 2.76. The highest BCUT2D eigenvalue weighted by molar-refractivity contribution is 5.99. The Bertz CT molecular complexity index is 590. The van der Waals surface area contributed by atoms with Gasteiger partial charge in [-0.05, 0) is 26.0 Å². The second-order valence-electron chi connectivity index (χ2n) is 4.35. The van der Waals surface area contributed by atoms with Crippen molar-refractivity contribution in [3.05, 3.63) is 47.2 Å². The van der Waals surface area contributed by atoms with Gasteiger partial charge < -0.3 is 15.1 Å². The lowest BCUT2D eigenvalue weighted by atomic mass is 10.1. The molecule has 0 radical (unpaired) electrons. The second-order valence-corrected chi connectivity index (χ2v) is 4.35. The Labute approximate surface area is 112 Å². The SMILES string of the molecule is CNc1ccc(C)cc1C(=O)NCc1ncc(C)o1. The predicted octanol–water partition coefficient (Wildman–Crippen LogP) is 2.26. The van der Waals surface area contributed by atoms with Crippen molar-refractivity contribution in [3.8, 4) is 0 Å². The lowest BCUT2D eigenvalue weighted by Crippen LogP contribution is -2.24. The van der Waals surface area contributed by atoms with Crippen molar-refractivity contribution in [1.29, 1.82) is 0 Å². The van der Waals surface area contributed by atoms with Gasteiger partial charge in [0.15, 0.2) is 0 Å². The Kier molecular flexibility index (Phi) is 3.85. The minimum atomic E-state index is -0.149. The second kappa shape index (κ2) is 5.56. The minimum Gasteiger partial charge on any atom is -0.444 e. The number of carbonyl (C=O) groups is 1. The first-order valence-corrected chi connectivity index (χ1v) is 6.08. The number of hydrogen-bond donors (Lipinski definition) is 2. The normalized spacial score (nSPS) is 10.3. The summed E-state index contributed by atoms with van der Waals surface area (Å²) in [4.78, 5) is 16.2. The number of rotatable bonds is 4. The highest BCUT2D eigenvalue weighted by Crippen LogP contribution is 2.16. The van der Waals surface area contributed by atoms with Crippen molar-refractivity contribution in [2.24, 2.45) is 0 Å². The Morgan fingerprint density at radius 1 is 1.37 bits per heavy atom. The van der Waals surface area contributed by atoms with E-state index in [2.05, 4.69) is 15.6 Å². The molecule has 0 atom stereocenters. The number of benzene rings is 1. The van der Waals surface area contributed by atoms with Crippen LogP contribution in [-0.4, -0.2) is 17.9 Å². The smallest absolute Gasteiger partial charge is 0.253 e. The van der Waals surface area contributed by atoms with Crippen LogP contribution in [0.4, 0.5) is 5.69 Å². The molecule has 2 N–H and O–H groups in total. The van der Waals surface area contributed by atoms with Crippen LogP contribution in [0.2, 0.25) is 0 Å². The number of aryl methyl sites for hydroxylation is 2. The fraction of sp³-hybridized carbons (Fsp3) is 0.286. The Morgan fingerprint density at radius 2 is 2.16 bits per heavy atom. The van der Waals surface area contributed by atoms with Crippen molar-refractivity contribution in [2.75, 3.05) is 12.4 Å². The van der Waals surface area contributed by atoms with E-state index in [0.29, 0.717) is 11.5 Å². The van der Waals surface area contributed by atoms with Crippen LogP contribution in [-0.2, 0) is 6.54 Å². The lowest BCUT2D eigenvalue weighted by Gasteiger charge is -2.09. The Balaban J connectivity index is 2.09. The molecule has 100 valence electrons. The van der Waals surface area contributed by atoms with Crippen LogP contribution in [0.3, 0.4) is 0 Å². The van der Waals surface area contributed by atoms with Crippen molar-refractivity contribution in [3.63, 3.8) is 0 Å². The molecule has 1 heterocycles. The third-order valence-corrected chi connectivity index (χ3v) is 2.76. The molecule has 0 fully saturated rings. The summed E-state index contributed by atoms with van der Waals surface area (Å²) in [6.45, 7) is 4.05. The molecular formula is C14H17N3O2. The van der Waals surface area contributed by atoms with Gasteiger partial charge >= 0.3 is 0 Å². The molecule has 5 heteroatoms. The van der Waals surface area contributed by atoms with Crippen LogP contribution in [0.1, 0.15) is 27.6 Å². The number of amides is 1. The maximum absolute atomic E-state index is 12.1. The number of anilines is 1. The van der Waals surface area contributed by atoms with E-state index in [-0.39, 0.29) is 12.5 Å². The third kappa shape index (κ3) is 3.13. The Morgan fingerprint density at radius 3 is 2.79 bits per heavy atom. The topological polar surface area (TPSA) is 67.2 Å². The fourth-order valence-corrected chi connectivity index (χ4v) is 1.80. The van der Waals surface area contributed by atoms with E-state index in [0.717, 1.165) is 17.0 Å². The molecule has 0 saturated carbocycles. The zero-order valence-electron chi connectivity index (χ0n) is 11.3. The molecule has 1 aromatic carbocycles. The standard InChI is InChI=1S/C14H17N3O2/c1-9-4-5-12(15-3)11(6-9)14(18)17-8-13-16-7-10(2)19-13/h4-7,15H,8H2,1-3H3,(H,17,18). The van der Waals surface area contributed by atoms with Gasteiger partial charge in [-0.25, -0.2) is 4.98 Å². The van der Waals surface area contributed by atoms with Crippen molar-refractivity contribution >= 4 is 11.6 Å². The minimum absolute atomic E-state index is 0.149. The number of oxazole rings is 1. The number of aromatic nitrogens is 1. The summed E-state index contributed by atoms with van der Waals surface area (Å²) in [7, 11) is 1.79. The average Bonchev–Trinajstić information content (AvgIpc) is 2.81. The van der Waals surface area contributed by atoms with E-state index < -0.39 is 0 Å². The van der Waals surface area contributed by atoms with E-state index >= 15 is 0 Å². The molecule has 0 aliphatic carbocycles. The molecule has 5 nitrogen and oxygen atoms in total. The van der Waals surface area contributed by atoms with Crippen LogP contribution in [0.15, 0.2) is 28.8 Å². The molecule has 0 bridgehead atoms. The maximum atomic E-state index is 12.1. The first kappa shape index (κ1) is 13.1. The first-order chi connectivity index (χ1) is 9.10. The molecule has 1 amide bonds. The molecule has 2 rings (SSSR count). The predicted molar refractivity (Wildman–Crippen MR) is 73.1 cm³/mol. The van der Waals surface area contributed by atoms with E-state index in [1.165, 1.54) is 0 Å². The molecule has 0 unspecified atom stereocenters. The molecule has 0 aliphatic rings. The summed E-state index contributed by atoms with van der Waals surface area (Å²) >= 11 is 0. The molecule has 0 spiro atoms. The molecule has 0 saturated heterocycles. The first-order valence-electron chi connectivity index (χ1n) is 6.08. The molecule has 19 heavy (non-hydrogen) atoms. The molecule has 1 aromatic heterocycles. The van der Waals surface area contributed by atoms with Gasteiger partial charge in [0.1, 0.15) is 5.76 Å². The molecular weight excluding hydrogens is 242 g/mol. The maximum Gasteiger partial charge on any atom is 0.253 e. The summed E-state index contributed by atoms with van der Waals surface area (Å²) in [5, 5.41) is 5.80. The van der Waals surface area contributed by atoms with Crippen molar-refractivity contribution < 1.29 is 9.21 Å².